The summed E-state index contributed by atoms with van der Waals surface area (Å²) in [6, 6.07) is 0. The molecule has 1 atom stereocenters. The van der Waals surface area contributed by atoms with Crippen molar-refractivity contribution in [3.8, 4) is 0 Å². The lowest BCUT2D eigenvalue weighted by Crippen LogP contribution is -2.33. The highest BCUT2D eigenvalue weighted by Gasteiger charge is 2.26. The molecule has 0 aromatic heterocycles. The molecule has 0 aromatic rings. The molecule has 0 saturated heterocycles. The predicted octanol–water partition coefficient (Wildman–Crippen LogP) is 2.00. The molecule has 0 fully saturated rings. The van der Waals surface area contributed by atoms with Gasteiger partial charge >= 0.3 is 18.0 Å². The average molecular weight is 273 g/mol. The van der Waals surface area contributed by atoms with E-state index in [1.165, 1.54) is 0 Å². The molecule has 1 amide bonds. The van der Waals surface area contributed by atoms with Crippen molar-refractivity contribution in [3.63, 3.8) is 0 Å². The van der Waals surface area contributed by atoms with Gasteiger partial charge in [0.15, 0.2) is 6.10 Å². The molecule has 6 heteroatoms. The van der Waals surface area contributed by atoms with E-state index in [9.17, 15) is 14.4 Å². The van der Waals surface area contributed by atoms with Crippen molar-refractivity contribution in [1.29, 1.82) is 0 Å². The first-order valence-electron chi connectivity index (χ1n) is 6.43. The lowest BCUT2D eigenvalue weighted by atomic mass is 10.0. The van der Waals surface area contributed by atoms with Crippen LogP contribution in [0, 0.1) is 11.8 Å². The second-order valence-corrected chi connectivity index (χ2v) is 5.29. The van der Waals surface area contributed by atoms with Crippen molar-refractivity contribution in [2.24, 2.45) is 17.6 Å². The van der Waals surface area contributed by atoms with Gasteiger partial charge in [-0.05, 0) is 24.7 Å². The second kappa shape index (κ2) is 8.50. The maximum absolute atomic E-state index is 11.6. The van der Waals surface area contributed by atoms with Crippen molar-refractivity contribution in [3.05, 3.63) is 0 Å². The minimum Gasteiger partial charge on any atom is -0.450 e. The topological polar surface area (TPSA) is 95.7 Å². The lowest BCUT2D eigenvalue weighted by molar-refractivity contribution is -0.165. The molecule has 0 bridgehead atoms. The fraction of sp³-hybridized carbons (Fsp3) is 0.769. The first kappa shape index (κ1) is 17.4. The summed E-state index contributed by atoms with van der Waals surface area (Å²) in [5.74, 6) is -0.923. The van der Waals surface area contributed by atoms with Crippen LogP contribution in [0.3, 0.4) is 0 Å². The number of hydrogen-bond donors (Lipinski definition) is 1. The van der Waals surface area contributed by atoms with Gasteiger partial charge in [-0.2, -0.15) is 0 Å². The van der Waals surface area contributed by atoms with Gasteiger partial charge < -0.3 is 15.2 Å². The van der Waals surface area contributed by atoms with Crippen molar-refractivity contribution < 1.29 is 23.9 Å². The van der Waals surface area contributed by atoms with Crippen molar-refractivity contribution >= 4 is 18.0 Å². The van der Waals surface area contributed by atoms with Gasteiger partial charge in [0.2, 0.25) is 0 Å². The Morgan fingerprint density at radius 3 is 2.00 bits per heavy atom. The third kappa shape index (κ3) is 9.04. The Labute approximate surface area is 113 Å². The van der Waals surface area contributed by atoms with Crippen LogP contribution in [0.15, 0.2) is 0 Å². The van der Waals surface area contributed by atoms with Gasteiger partial charge in [0, 0.05) is 6.42 Å². The van der Waals surface area contributed by atoms with Gasteiger partial charge in [-0.3, -0.25) is 4.79 Å². The first-order chi connectivity index (χ1) is 8.72. The van der Waals surface area contributed by atoms with E-state index in [-0.39, 0.29) is 12.3 Å². The quantitative estimate of drug-likeness (QED) is 0.565. The average Bonchev–Trinajstić information content (AvgIpc) is 2.21. The van der Waals surface area contributed by atoms with E-state index < -0.39 is 24.1 Å². The standard InChI is InChI=1S/C13H23NO5/c1-8(2)5-6-10(12(16)19-13(14)17)18-11(15)7-9(3)4/h8-10H,5-7H2,1-4H3,(H2,14,17)/t10-/m1/s1. The number of ether oxygens (including phenoxy) is 2. The highest BCUT2D eigenvalue weighted by molar-refractivity contribution is 5.87. The first-order valence-corrected chi connectivity index (χ1v) is 6.43. The second-order valence-electron chi connectivity index (χ2n) is 5.29. The number of nitrogens with two attached hydrogens (primary N) is 1. The van der Waals surface area contributed by atoms with E-state index in [1.807, 2.05) is 27.7 Å². The van der Waals surface area contributed by atoms with Crippen LogP contribution in [0.1, 0.15) is 47.0 Å². The zero-order valence-electron chi connectivity index (χ0n) is 12.0. The van der Waals surface area contributed by atoms with E-state index in [1.54, 1.807) is 0 Å². The molecule has 0 radical (unpaired) electrons. The van der Waals surface area contributed by atoms with E-state index in [2.05, 4.69) is 4.74 Å². The SMILES string of the molecule is CC(C)CC[C@@H](OC(=O)CC(C)C)C(=O)OC(N)=O. The maximum atomic E-state index is 11.6. The zero-order chi connectivity index (χ0) is 15.0. The van der Waals surface area contributed by atoms with Crippen molar-refractivity contribution in [2.75, 3.05) is 0 Å². The molecule has 0 heterocycles. The van der Waals surface area contributed by atoms with Crippen LogP contribution in [0.25, 0.3) is 0 Å². The number of amides is 1. The monoisotopic (exact) mass is 273 g/mol. The maximum Gasteiger partial charge on any atom is 0.412 e. The Hall–Kier alpha value is -1.59. The molecule has 0 aliphatic heterocycles. The van der Waals surface area contributed by atoms with Crippen LogP contribution in [0.2, 0.25) is 0 Å². The molecule has 2 N–H and O–H groups in total. The molecule has 6 nitrogen and oxygen atoms in total. The highest BCUT2D eigenvalue weighted by Crippen LogP contribution is 2.13. The van der Waals surface area contributed by atoms with Crippen LogP contribution in [-0.2, 0) is 19.1 Å². The summed E-state index contributed by atoms with van der Waals surface area (Å²) < 4.78 is 9.33. The molecule has 110 valence electrons. The number of primary amides is 1. The molecule has 0 unspecified atom stereocenters. The molecule has 0 aromatic carbocycles. The van der Waals surface area contributed by atoms with Gasteiger partial charge in [0.1, 0.15) is 0 Å². The van der Waals surface area contributed by atoms with Gasteiger partial charge in [0.25, 0.3) is 0 Å². The number of hydrogen-bond acceptors (Lipinski definition) is 5. The van der Waals surface area contributed by atoms with Crippen LogP contribution in [0.5, 0.6) is 0 Å². The van der Waals surface area contributed by atoms with Crippen LogP contribution in [-0.4, -0.2) is 24.1 Å². The normalized spacial score (nSPS) is 12.3. The summed E-state index contributed by atoms with van der Waals surface area (Å²) in [7, 11) is 0. The van der Waals surface area contributed by atoms with Gasteiger partial charge in [-0.1, -0.05) is 27.7 Å². The van der Waals surface area contributed by atoms with Gasteiger partial charge in [-0.15, -0.1) is 0 Å². The summed E-state index contributed by atoms with van der Waals surface area (Å²) >= 11 is 0. The van der Waals surface area contributed by atoms with Gasteiger partial charge in [-0.25, -0.2) is 9.59 Å². The molecular weight excluding hydrogens is 250 g/mol. The number of rotatable bonds is 7. The third-order valence-electron chi connectivity index (χ3n) is 2.32. The third-order valence-corrected chi connectivity index (χ3v) is 2.32. The lowest BCUT2D eigenvalue weighted by Gasteiger charge is -2.17. The Morgan fingerprint density at radius 2 is 1.58 bits per heavy atom. The molecule has 19 heavy (non-hydrogen) atoms. The van der Waals surface area contributed by atoms with Crippen LogP contribution >= 0.6 is 0 Å². The Kier molecular flexibility index (Phi) is 7.79. The van der Waals surface area contributed by atoms with E-state index in [0.29, 0.717) is 18.8 Å². The van der Waals surface area contributed by atoms with Crippen LogP contribution in [0.4, 0.5) is 4.79 Å². The van der Waals surface area contributed by atoms with E-state index >= 15 is 0 Å². The van der Waals surface area contributed by atoms with Crippen molar-refractivity contribution in [2.45, 2.75) is 53.1 Å². The van der Waals surface area contributed by atoms with Crippen molar-refractivity contribution in [1.82, 2.24) is 0 Å². The molecule has 0 rings (SSSR count). The van der Waals surface area contributed by atoms with E-state index in [0.717, 1.165) is 0 Å². The summed E-state index contributed by atoms with van der Waals surface area (Å²) in [5, 5.41) is 0. The largest absolute Gasteiger partial charge is 0.450 e. The number of carbonyl (C=O) groups excluding carboxylic acids is 3. The summed E-state index contributed by atoms with van der Waals surface area (Å²) in [5.41, 5.74) is 4.78. The Bertz CT molecular complexity index is 325. The molecule has 0 aliphatic rings. The summed E-state index contributed by atoms with van der Waals surface area (Å²) in [6.07, 6.45) is -1.07. The van der Waals surface area contributed by atoms with Crippen LogP contribution < -0.4 is 5.73 Å². The number of esters is 2. The Balaban J connectivity index is 4.52. The Morgan fingerprint density at radius 1 is 1.00 bits per heavy atom. The van der Waals surface area contributed by atoms with E-state index in [4.69, 9.17) is 10.5 Å². The molecule has 0 aliphatic carbocycles. The predicted molar refractivity (Wildman–Crippen MR) is 69.1 cm³/mol. The summed E-state index contributed by atoms with van der Waals surface area (Å²) in [4.78, 5) is 33.7. The minimum absolute atomic E-state index is 0.130. The van der Waals surface area contributed by atoms with Gasteiger partial charge in [0.05, 0.1) is 0 Å². The smallest absolute Gasteiger partial charge is 0.412 e. The summed E-state index contributed by atoms with van der Waals surface area (Å²) in [6.45, 7) is 7.69. The highest BCUT2D eigenvalue weighted by atomic mass is 16.6. The molecule has 0 spiro atoms. The number of carbonyl (C=O) groups is 3. The molecule has 0 saturated carbocycles. The molecular formula is C13H23NO5. The fourth-order valence-electron chi connectivity index (χ4n) is 1.41. The minimum atomic E-state index is -1.19. The zero-order valence-corrected chi connectivity index (χ0v) is 12.0. The fourth-order valence-corrected chi connectivity index (χ4v) is 1.41.